The summed E-state index contributed by atoms with van der Waals surface area (Å²) in [6, 6.07) is 0. The van der Waals surface area contributed by atoms with Gasteiger partial charge in [0.15, 0.2) is 5.82 Å². The van der Waals surface area contributed by atoms with Crippen molar-refractivity contribution in [3.8, 4) is 0 Å². The SMILES string of the molecule is CC(C)CCc1nc(CCN)n[nH]1. The first-order valence-corrected chi connectivity index (χ1v) is 4.82. The fraction of sp³-hybridized carbons (Fsp3) is 0.778. The summed E-state index contributed by atoms with van der Waals surface area (Å²) < 4.78 is 0. The van der Waals surface area contributed by atoms with Gasteiger partial charge in [-0.15, -0.1) is 0 Å². The van der Waals surface area contributed by atoms with Crippen molar-refractivity contribution in [2.24, 2.45) is 11.7 Å². The molecule has 13 heavy (non-hydrogen) atoms. The number of nitrogens with two attached hydrogens (primary N) is 1. The third kappa shape index (κ3) is 3.55. The Balaban J connectivity index is 2.39. The van der Waals surface area contributed by atoms with Crippen LogP contribution in [-0.2, 0) is 12.8 Å². The summed E-state index contributed by atoms with van der Waals surface area (Å²) in [4.78, 5) is 4.33. The highest BCUT2D eigenvalue weighted by Crippen LogP contribution is 2.04. The molecule has 0 aliphatic carbocycles. The van der Waals surface area contributed by atoms with E-state index < -0.39 is 0 Å². The molecule has 0 saturated heterocycles. The highest BCUT2D eigenvalue weighted by atomic mass is 15.2. The maximum absolute atomic E-state index is 5.40. The van der Waals surface area contributed by atoms with E-state index in [9.17, 15) is 0 Å². The Bertz CT molecular complexity index is 242. The molecule has 74 valence electrons. The van der Waals surface area contributed by atoms with E-state index in [1.807, 2.05) is 0 Å². The van der Waals surface area contributed by atoms with Gasteiger partial charge in [-0.1, -0.05) is 13.8 Å². The first-order valence-electron chi connectivity index (χ1n) is 4.82. The fourth-order valence-corrected chi connectivity index (χ4v) is 1.11. The van der Waals surface area contributed by atoms with Crippen LogP contribution >= 0.6 is 0 Å². The van der Waals surface area contributed by atoms with Gasteiger partial charge in [-0.3, -0.25) is 5.10 Å². The minimum atomic E-state index is 0.613. The molecule has 0 atom stereocenters. The molecule has 0 fully saturated rings. The van der Waals surface area contributed by atoms with Gasteiger partial charge >= 0.3 is 0 Å². The summed E-state index contributed by atoms with van der Waals surface area (Å²) in [6.07, 6.45) is 2.89. The van der Waals surface area contributed by atoms with Gasteiger partial charge in [0.05, 0.1) is 0 Å². The molecule has 4 heteroatoms. The molecule has 0 unspecified atom stereocenters. The van der Waals surface area contributed by atoms with Crippen LogP contribution < -0.4 is 5.73 Å². The molecule has 0 saturated carbocycles. The zero-order chi connectivity index (χ0) is 9.68. The van der Waals surface area contributed by atoms with Gasteiger partial charge in [-0.05, 0) is 18.9 Å². The molecule has 0 amide bonds. The lowest BCUT2D eigenvalue weighted by atomic mass is 10.1. The van der Waals surface area contributed by atoms with Gasteiger partial charge in [-0.25, -0.2) is 4.98 Å². The van der Waals surface area contributed by atoms with Gasteiger partial charge in [0.25, 0.3) is 0 Å². The van der Waals surface area contributed by atoms with Crippen molar-refractivity contribution in [3.05, 3.63) is 11.6 Å². The van der Waals surface area contributed by atoms with Crippen LogP contribution in [0.2, 0.25) is 0 Å². The highest BCUT2D eigenvalue weighted by molar-refractivity contribution is 4.90. The number of aromatic nitrogens is 3. The minimum Gasteiger partial charge on any atom is -0.330 e. The zero-order valence-electron chi connectivity index (χ0n) is 8.38. The van der Waals surface area contributed by atoms with E-state index in [-0.39, 0.29) is 0 Å². The predicted molar refractivity (Wildman–Crippen MR) is 52.3 cm³/mol. The summed E-state index contributed by atoms with van der Waals surface area (Å²) in [5.74, 6) is 2.53. The second kappa shape index (κ2) is 4.97. The van der Waals surface area contributed by atoms with Crippen molar-refractivity contribution in [2.45, 2.75) is 33.1 Å². The second-order valence-corrected chi connectivity index (χ2v) is 3.67. The average molecular weight is 182 g/mol. The molecule has 0 spiro atoms. The summed E-state index contributed by atoms with van der Waals surface area (Å²) in [5, 5.41) is 7.00. The van der Waals surface area contributed by atoms with Gasteiger partial charge in [-0.2, -0.15) is 5.10 Å². The maximum Gasteiger partial charge on any atom is 0.151 e. The second-order valence-electron chi connectivity index (χ2n) is 3.67. The van der Waals surface area contributed by atoms with E-state index >= 15 is 0 Å². The van der Waals surface area contributed by atoms with E-state index in [0.29, 0.717) is 12.5 Å². The lowest BCUT2D eigenvalue weighted by molar-refractivity contribution is 0.575. The maximum atomic E-state index is 5.40. The smallest absolute Gasteiger partial charge is 0.151 e. The van der Waals surface area contributed by atoms with Gasteiger partial charge < -0.3 is 5.73 Å². The molecule has 0 aliphatic heterocycles. The van der Waals surface area contributed by atoms with Crippen molar-refractivity contribution in [3.63, 3.8) is 0 Å². The van der Waals surface area contributed by atoms with E-state index in [0.717, 1.165) is 30.9 Å². The number of H-pyrrole nitrogens is 1. The highest BCUT2D eigenvalue weighted by Gasteiger charge is 2.02. The lowest BCUT2D eigenvalue weighted by Crippen LogP contribution is -2.04. The Morgan fingerprint density at radius 3 is 2.77 bits per heavy atom. The first kappa shape index (κ1) is 10.2. The molecule has 1 rings (SSSR count). The number of aromatic amines is 1. The van der Waals surface area contributed by atoms with Crippen molar-refractivity contribution in [1.29, 1.82) is 0 Å². The normalized spacial score (nSPS) is 11.1. The average Bonchev–Trinajstić information content (AvgIpc) is 2.50. The van der Waals surface area contributed by atoms with Crippen LogP contribution in [0.1, 0.15) is 31.9 Å². The molecule has 0 aromatic carbocycles. The fourth-order valence-electron chi connectivity index (χ4n) is 1.11. The van der Waals surface area contributed by atoms with Crippen molar-refractivity contribution in [1.82, 2.24) is 15.2 Å². The molecule has 0 aliphatic rings. The Hall–Kier alpha value is -0.900. The van der Waals surface area contributed by atoms with E-state index in [4.69, 9.17) is 5.73 Å². The third-order valence-electron chi connectivity index (χ3n) is 1.90. The van der Waals surface area contributed by atoms with Crippen LogP contribution in [0.5, 0.6) is 0 Å². The van der Waals surface area contributed by atoms with Crippen LogP contribution in [0.3, 0.4) is 0 Å². The number of nitrogens with one attached hydrogen (secondary N) is 1. The summed E-state index contributed by atoms with van der Waals surface area (Å²) in [6.45, 7) is 5.02. The molecule has 0 radical (unpaired) electrons. The molecule has 1 aromatic heterocycles. The molecule has 3 N–H and O–H groups in total. The molecular formula is C9H18N4. The topological polar surface area (TPSA) is 67.6 Å². The number of rotatable bonds is 5. The van der Waals surface area contributed by atoms with E-state index in [1.54, 1.807) is 0 Å². The first-order chi connectivity index (χ1) is 6.22. The van der Waals surface area contributed by atoms with Crippen molar-refractivity contribution in [2.75, 3.05) is 6.54 Å². The quantitative estimate of drug-likeness (QED) is 0.710. The standard InChI is InChI=1S/C9H18N4/c1-7(2)3-4-8-11-9(5-6-10)13-12-8/h7H,3-6,10H2,1-2H3,(H,11,12,13). The zero-order valence-corrected chi connectivity index (χ0v) is 8.38. The molecular weight excluding hydrogens is 164 g/mol. The van der Waals surface area contributed by atoms with Crippen LogP contribution in [0.15, 0.2) is 0 Å². The van der Waals surface area contributed by atoms with Gasteiger partial charge in [0.2, 0.25) is 0 Å². The molecule has 4 nitrogen and oxygen atoms in total. The van der Waals surface area contributed by atoms with Crippen LogP contribution in [-0.4, -0.2) is 21.7 Å². The molecule has 0 bridgehead atoms. The van der Waals surface area contributed by atoms with Crippen LogP contribution in [0.4, 0.5) is 0 Å². The van der Waals surface area contributed by atoms with Gasteiger partial charge in [0.1, 0.15) is 5.82 Å². The number of aryl methyl sites for hydroxylation is 1. The summed E-state index contributed by atoms with van der Waals surface area (Å²) >= 11 is 0. The Labute approximate surface area is 78.9 Å². The van der Waals surface area contributed by atoms with E-state index in [1.165, 1.54) is 0 Å². The summed E-state index contributed by atoms with van der Waals surface area (Å²) in [7, 11) is 0. The van der Waals surface area contributed by atoms with Crippen molar-refractivity contribution < 1.29 is 0 Å². The Kier molecular flexibility index (Phi) is 3.89. The number of hydrogen-bond donors (Lipinski definition) is 2. The number of hydrogen-bond acceptors (Lipinski definition) is 3. The van der Waals surface area contributed by atoms with E-state index in [2.05, 4.69) is 29.0 Å². The molecule has 1 aromatic rings. The largest absolute Gasteiger partial charge is 0.330 e. The lowest BCUT2D eigenvalue weighted by Gasteiger charge is -1.99. The number of nitrogens with zero attached hydrogens (tertiary/aromatic N) is 2. The predicted octanol–water partition coefficient (Wildman–Crippen LogP) is 0.895. The third-order valence-corrected chi connectivity index (χ3v) is 1.90. The molecule has 1 heterocycles. The van der Waals surface area contributed by atoms with Crippen LogP contribution in [0, 0.1) is 5.92 Å². The Morgan fingerprint density at radius 1 is 1.38 bits per heavy atom. The Morgan fingerprint density at radius 2 is 2.15 bits per heavy atom. The van der Waals surface area contributed by atoms with Gasteiger partial charge in [0, 0.05) is 12.8 Å². The minimum absolute atomic E-state index is 0.613. The van der Waals surface area contributed by atoms with Crippen molar-refractivity contribution >= 4 is 0 Å². The van der Waals surface area contributed by atoms with Crippen LogP contribution in [0.25, 0.3) is 0 Å². The summed E-state index contributed by atoms with van der Waals surface area (Å²) in [5.41, 5.74) is 5.40. The monoisotopic (exact) mass is 182 g/mol.